The number of nitrogens with zero attached hydrogens (tertiary/aromatic N) is 3. The third-order valence-electron chi connectivity index (χ3n) is 6.88. The number of likely N-dealkylation sites (tertiary alicyclic amines) is 1. The second kappa shape index (κ2) is 8.48. The second-order valence-corrected chi connectivity index (χ2v) is 8.77. The average molecular weight is 474 g/mol. The van der Waals surface area contributed by atoms with Crippen LogP contribution in [-0.4, -0.2) is 40.3 Å². The summed E-state index contributed by atoms with van der Waals surface area (Å²) in [4.78, 5) is 37.5. The SMILES string of the molecule is CN1C[C@H](c2ccc(OCc3cccc([N+](=O)[O-])c3)cc2)[C@@H]([N+](=O)[O-])[C@]12C(=O)Nc1ccccc12. The average Bonchev–Trinajstić information content (AvgIpc) is 3.33. The number of nitro benzene ring substituents is 1. The van der Waals surface area contributed by atoms with Crippen molar-refractivity contribution in [3.63, 3.8) is 0 Å². The van der Waals surface area contributed by atoms with Gasteiger partial charge in [0.2, 0.25) is 0 Å². The topological polar surface area (TPSA) is 128 Å². The van der Waals surface area contributed by atoms with Gasteiger partial charge in [-0.3, -0.25) is 29.9 Å². The number of anilines is 1. The van der Waals surface area contributed by atoms with Gasteiger partial charge in [-0.25, -0.2) is 0 Å². The summed E-state index contributed by atoms with van der Waals surface area (Å²) in [6, 6.07) is 19.1. The smallest absolute Gasteiger partial charge is 0.269 e. The number of ether oxygens (including phenoxy) is 1. The van der Waals surface area contributed by atoms with Crippen molar-refractivity contribution in [1.82, 2.24) is 4.90 Å². The number of amides is 1. The summed E-state index contributed by atoms with van der Waals surface area (Å²) in [6.45, 7) is 0.478. The van der Waals surface area contributed by atoms with Crippen LogP contribution in [0.25, 0.3) is 0 Å². The molecule has 3 atom stereocenters. The fourth-order valence-electron chi connectivity index (χ4n) is 5.32. The molecule has 0 aromatic heterocycles. The van der Waals surface area contributed by atoms with E-state index in [4.69, 9.17) is 4.74 Å². The zero-order valence-corrected chi connectivity index (χ0v) is 18.8. The zero-order chi connectivity index (χ0) is 24.7. The van der Waals surface area contributed by atoms with Gasteiger partial charge in [-0.1, -0.05) is 42.5 Å². The number of hydrogen-bond acceptors (Lipinski definition) is 7. The lowest BCUT2D eigenvalue weighted by Gasteiger charge is -2.30. The van der Waals surface area contributed by atoms with E-state index in [1.165, 1.54) is 12.1 Å². The molecule has 2 heterocycles. The van der Waals surface area contributed by atoms with E-state index in [0.717, 1.165) is 5.56 Å². The maximum absolute atomic E-state index is 13.2. The summed E-state index contributed by atoms with van der Waals surface area (Å²) in [7, 11) is 1.74. The highest BCUT2D eigenvalue weighted by Crippen LogP contribution is 2.51. The first kappa shape index (κ1) is 22.5. The summed E-state index contributed by atoms with van der Waals surface area (Å²) in [5.41, 5.74) is 1.21. The molecule has 5 rings (SSSR count). The van der Waals surface area contributed by atoms with Gasteiger partial charge >= 0.3 is 0 Å². The number of rotatable bonds is 6. The molecule has 1 fully saturated rings. The van der Waals surface area contributed by atoms with E-state index in [1.54, 1.807) is 72.6 Å². The predicted octanol–water partition coefficient (Wildman–Crippen LogP) is 3.70. The summed E-state index contributed by atoms with van der Waals surface area (Å²) >= 11 is 0. The highest BCUT2D eigenvalue weighted by atomic mass is 16.6. The minimum absolute atomic E-state index is 0.0101. The molecule has 1 N–H and O–H groups in total. The van der Waals surface area contributed by atoms with Gasteiger partial charge in [0.15, 0.2) is 5.54 Å². The minimum atomic E-state index is -1.39. The maximum atomic E-state index is 13.2. The van der Waals surface area contributed by atoms with Crippen LogP contribution in [0.4, 0.5) is 11.4 Å². The Kier molecular flexibility index (Phi) is 5.45. The molecule has 1 spiro atoms. The van der Waals surface area contributed by atoms with Crippen LogP contribution in [0.2, 0.25) is 0 Å². The van der Waals surface area contributed by atoms with Gasteiger partial charge < -0.3 is 10.1 Å². The molecule has 0 aliphatic carbocycles. The number of likely N-dealkylation sites (N-methyl/N-ethyl adjacent to an activating group) is 1. The first-order chi connectivity index (χ1) is 16.8. The highest BCUT2D eigenvalue weighted by molar-refractivity contribution is 6.06. The van der Waals surface area contributed by atoms with Crippen molar-refractivity contribution in [3.8, 4) is 5.75 Å². The Bertz CT molecular complexity index is 1330. The van der Waals surface area contributed by atoms with Gasteiger partial charge in [-0.2, -0.15) is 0 Å². The summed E-state index contributed by atoms with van der Waals surface area (Å²) < 4.78 is 5.77. The summed E-state index contributed by atoms with van der Waals surface area (Å²) in [6.07, 6.45) is 0. The Labute approximate surface area is 200 Å². The van der Waals surface area contributed by atoms with Crippen LogP contribution in [0.3, 0.4) is 0 Å². The zero-order valence-electron chi connectivity index (χ0n) is 18.8. The Morgan fingerprint density at radius 1 is 1.06 bits per heavy atom. The van der Waals surface area contributed by atoms with E-state index >= 15 is 0 Å². The number of fused-ring (bicyclic) bond motifs is 2. The maximum Gasteiger partial charge on any atom is 0.269 e. The van der Waals surface area contributed by atoms with Crippen LogP contribution in [-0.2, 0) is 16.9 Å². The number of carbonyl (C=O) groups excluding carboxylic acids is 1. The Hall–Kier alpha value is -4.31. The molecular weight excluding hydrogens is 452 g/mol. The minimum Gasteiger partial charge on any atom is -0.489 e. The van der Waals surface area contributed by atoms with Gasteiger partial charge in [0.25, 0.3) is 17.6 Å². The number of carbonyl (C=O) groups is 1. The van der Waals surface area contributed by atoms with E-state index in [2.05, 4.69) is 5.32 Å². The van der Waals surface area contributed by atoms with Gasteiger partial charge in [0.1, 0.15) is 12.4 Å². The van der Waals surface area contributed by atoms with Crippen molar-refractivity contribution in [2.45, 2.75) is 24.1 Å². The molecular formula is C25H22N4O6. The van der Waals surface area contributed by atoms with E-state index in [1.807, 2.05) is 0 Å². The lowest BCUT2D eigenvalue weighted by atomic mass is 9.79. The largest absolute Gasteiger partial charge is 0.489 e. The van der Waals surface area contributed by atoms with E-state index in [0.29, 0.717) is 29.1 Å². The van der Waals surface area contributed by atoms with Crippen molar-refractivity contribution >= 4 is 17.3 Å². The molecule has 3 aromatic carbocycles. The van der Waals surface area contributed by atoms with Gasteiger partial charge in [0, 0.05) is 34.9 Å². The molecule has 0 bridgehead atoms. The third kappa shape index (κ3) is 3.58. The van der Waals surface area contributed by atoms with E-state index in [9.17, 15) is 25.0 Å². The second-order valence-electron chi connectivity index (χ2n) is 8.77. The number of benzene rings is 3. The number of hydrogen-bond donors (Lipinski definition) is 1. The monoisotopic (exact) mass is 474 g/mol. The van der Waals surface area contributed by atoms with Crippen molar-refractivity contribution in [2.75, 3.05) is 18.9 Å². The molecule has 0 saturated carbocycles. The molecule has 0 radical (unpaired) electrons. The molecule has 2 aliphatic rings. The normalized spacial score (nSPS) is 23.2. The van der Waals surface area contributed by atoms with Gasteiger partial charge in [-0.05, 0) is 36.4 Å². The summed E-state index contributed by atoms with van der Waals surface area (Å²) in [5, 5.41) is 26.2. The molecule has 35 heavy (non-hydrogen) atoms. The molecule has 0 unspecified atom stereocenters. The molecule has 178 valence electrons. The number of nitrogens with one attached hydrogen (secondary N) is 1. The van der Waals surface area contributed by atoms with Crippen LogP contribution in [0, 0.1) is 20.2 Å². The van der Waals surface area contributed by atoms with Crippen LogP contribution in [0.15, 0.2) is 72.8 Å². The van der Waals surface area contributed by atoms with Crippen LogP contribution < -0.4 is 10.1 Å². The van der Waals surface area contributed by atoms with Crippen molar-refractivity contribution in [2.24, 2.45) is 0 Å². The lowest BCUT2D eigenvalue weighted by molar-refractivity contribution is -0.534. The molecule has 10 heteroatoms. The van der Waals surface area contributed by atoms with Crippen LogP contribution in [0.5, 0.6) is 5.75 Å². The molecule has 1 amide bonds. The summed E-state index contributed by atoms with van der Waals surface area (Å²) in [5.74, 6) is -0.372. The molecule has 1 saturated heterocycles. The Morgan fingerprint density at radius 2 is 1.80 bits per heavy atom. The molecule has 2 aliphatic heterocycles. The van der Waals surface area contributed by atoms with Crippen LogP contribution in [0.1, 0.15) is 22.6 Å². The molecule has 10 nitrogen and oxygen atoms in total. The fourth-order valence-corrected chi connectivity index (χ4v) is 5.32. The Balaban J connectivity index is 1.40. The quantitative estimate of drug-likeness (QED) is 0.426. The molecule has 3 aromatic rings. The standard InChI is InChI=1S/C25H22N4O6/c1-27-14-20(23(29(33)34)25(27)21-7-2-3-8-22(21)26-24(25)30)17-9-11-19(12-10-17)35-15-16-5-4-6-18(13-16)28(31)32/h2-13,20,23H,14-15H2,1H3,(H,26,30)/t20-,23-,25-/m1/s1. The number of non-ortho nitro benzene ring substituents is 1. The van der Waals surface area contributed by atoms with Crippen molar-refractivity contribution < 1.29 is 19.4 Å². The Morgan fingerprint density at radius 3 is 2.51 bits per heavy atom. The third-order valence-corrected chi connectivity index (χ3v) is 6.88. The first-order valence-electron chi connectivity index (χ1n) is 11.0. The van der Waals surface area contributed by atoms with Crippen LogP contribution >= 0.6 is 0 Å². The predicted molar refractivity (Wildman–Crippen MR) is 127 cm³/mol. The number of para-hydroxylation sites is 1. The number of nitro groups is 2. The fraction of sp³-hybridized carbons (Fsp3) is 0.240. The van der Waals surface area contributed by atoms with Gasteiger partial charge in [0.05, 0.1) is 10.8 Å². The first-order valence-corrected chi connectivity index (χ1v) is 11.0. The van der Waals surface area contributed by atoms with E-state index in [-0.39, 0.29) is 23.1 Å². The van der Waals surface area contributed by atoms with Crippen molar-refractivity contribution in [1.29, 1.82) is 0 Å². The van der Waals surface area contributed by atoms with E-state index < -0.39 is 22.4 Å². The lowest BCUT2D eigenvalue weighted by Crippen LogP contribution is -2.54. The highest BCUT2D eigenvalue weighted by Gasteiger charge is 2.68. The van der Waals surface area contributed by atoms with Crippen molar-refractivity contribution in [3.05, 3.63) is 110 Å². The van der Waals surface area contributed by atoms with Gasteiger partial charge in [-0.15, -0.1) is 0 Å².